The van der Waals surface area contributed by atoms with Crippen molar-refractivity contribution in [2.75, 3.05) is 20.3 Å². The molecular weight excluding hydrogens is 169 g/mol. The van der Waals surface area contributed by atoms with E-state index in [9.17, 15) is 13.2 Å². The molecule has 0 bridgehead atoms. The van der Waals surface area contributed by atoms with Gasteiger partial charge in [-0.15, -0.1) is 0 Å². The van der Waals surface area contributed by atoms with Crippen molar-refractivity contribution in [2.24, 2.45) is 0 Å². The smallest absolute Gasteiger partial charge is 0.361 e. The Morgan fingerprint density at radius 1 is 1.50 bits per heavy atom. The Morgan fingerprint density at radius 2 is 2.08 bits per heavy atom. The molecule has 1 aliphatic heterocycles. The number of hydrogen-bond acceptors (Lipinski definition) is 2. The van der Waals surface area contributed by atoms with Gasteiger partial charge in [0.1, 0.15) is 5.70 Å². The maximum atomic E-state index is 12.2. The molecule has 0 N–H and O–H groups in total. The fourth-order valence-electron chi connectivity index (χ4n) is 1.20. The molecule has 2 nitrogen and oxygen atoms in total. The first-order valence-electron chi connectivity index (χ1n) is 3.69. The molecule has 0 saturated carbocycles. The predicted octanol–water partition coefficient (Wildman–Crippen LogP) is 1.61. The summed E-state index contributed by atoms with van der Waals surface area (Å²) in [5.41, 5.74) is -0.549. The molecule has 0 aromatic heterocycles. The van der Waals surface area contributed by atoms with Gasteiger partial charge in [-0.3, -0.25) is 0 Å². The summed E-state index contributed by atoms with van der Waals surface area (Å²) >= 11 is 0. The van der Waals surface area contributed by atoms with E-state index < -0.39 is 11.9 Å². The number of alkyl halides is 3. The van der Waals surface area contributed by atoms with Crippen molar-refractivity contribution < 1.29 is 13.2 Å². The van der Waals surface area contributed by atoms with Crippen molar-refractivity contribution in [2.45, 2.75) is 13.1 Å². The monoisotopic (exact) mass is 180 g/mol. The topological polar surface area (TPSA) is 6.48 Å². The van der Waals surface area contributed by atoms with E-state index in [2.05, 4.69) is 0 Å². The fourth-order valence-corrected chi connectivity index (χ4v) is 1.20. The van der Waals surface area contributed by atoms with Crippen molar-refractivity contribution in [1.29, 1.82) is 0 Å². The van der Waals surface area contributed by atoms with E-state index in [1.807, 2.05) is 0 Å². The predicted molar refractivity (Wildman–Crippen MR) is 39.1 cm³/mol. The number of nitrogens with zero attached hydrogens (tertiary/aromatic N) is 2. The van der Waals surface area contributed by atoms with E-state index in [-0.39, 0.29) is 0 Å². The minimum absolute atomic E-state index is 0.325. The zero-order valence-corrected chi connectivity index (χ0v) is 7.02. The lowest BCUT2D eigenvalue weighted by Crippen LogP contribution is -2.30. The van der Waals surface area contributed by atoms with Crippen LogP contribution in [0.15, 0.2) is 11.9 Å². The van der Waals surface area contributed by atoms with Gasteiger partial charge in [0.2, 0.25) is 0 Å². The Kier molecular flexibility index (Phi) is 2.21. The van der Waals surface area contributed by atoms with E-state index in [0.717, 1.165) is 6.20 Å². The summed E-state index contributed by atoms with van der Waals surface area (Å²) in [6.07, 6.45) is -3.09. The summed E-state index contributed by atoms with van der Waals surface area (Å²) < 4.78 is 36.7. The molecule has 5 heteroatoms. The van der Waals surface area contributed by atoms with Crippen LogP contribution >= 0.6 is 0 Å². The molecule has 0 spiro atoms. The Balaban J connectivity index is 2.80. The molecule has 0 aliphatic carbocycles. The third-order valence-corrected chi connectivity index (χ3v) is 1.75. The van der Waals surface area contributed by atoms with Crippen LogP contribution in [-0.4, -0.2) is 36.2 Å². The second-order valence-electron chi connectivity index (χ2n) is 2.77. The van der Waals surface area contributed by atoms with Gasteiger partial charge < -0.3 is 9.80 Å². The van der Waals surface area contributed by atoms with Crippen LogP contribution in [0.4, 0.5) is 13.2 Å². The number of halogens is 3. The van der Waals surface area contributed by atoms with Crippen LogP contribution in [0.3, 0.4) is 0 Å². The molecule has 1 heterocycles. The summed E-state index contributed by atoms with van der Waals surface area (Å²) in [7, 11) is 1.63. The zero-order chi connectivity index (χ0) is 9.35. The van der Waals surface area contributed by atoms with E-state index >= 15 is 0 Å². The summed E-state index contributed by atoms with van der Waals surface area (Å²) in [5, 5.41) is 0. The van der Waals surface area contributed by atoms with Gasteiger partial charge in [-0.25, -0.2) is 0 Å². The largest absolute Gasteiger partial charge is 0.432 e. The van der Waals surface area contributed by atoms with Gasteiger partial charge in [-0.1, -0.05) is 0 Å². The van der Waals surface area contributed by atoms with Crippen molar-refractivity contribution in [1.82, 2.24) is 9.80 Å². The highest BCUT2D eigenvalue weighted by Crippen LogP contribution is 2.31. The summed E-state index contributed by atoms with van der Waals surface area (Å²) in [4.78, 5) is 2.81. The molecule has 70 valence electrons. The van der Waals surface area contributed by atoms with Crippen LogP contribution in [0.2, 0.25) is 0 Å². The second-order valence-corrected chi connectivity index (χ2v) is 2.77. The average molecular weight is 180 g/mol. The van der Waals surface area contributed by atoms with Gasteiger partial charge in [-0.05, 0) is 6.92 Å². The summed E-state index contributed by atoms with van der Waals surface area (Å²) in [6, 6.07) is 0. The standard InChI is InChI=1S/C7H11F3N2/c1-3-12-5-11(2)4-6(12)7(8,9)10/h4H,3,5H2,1-2H3. The minimum atomic E-state index is -4.22. The lowest BCUT2D eigenvalue weighted by molar-refractivity contribution is -0.109. The maximum Gasteiger partial charge on any atom is 0.432 e. The molecule has 0 radical (unpaired) electrons. The lowest BCUT2D eigenvalue weighted by atomic mass is 10.4. The SMILES string of the molecule is CCN1CN(C)C=C1C(F)(F)F. The molecule has 1 aliphatic rings. The molecule has 0 atom stereocenters. The van der Waals surface area contributed by atoms with Gasteiger partial charge in [0.05, 0.1) is 6.67 Å². The van der Waals surface area contributed by atoms with E-state index in [4.69, 9.17) is 0 Å². The van der Waals surface area contributed by atoms with Crippen molar-refractivity contribution in [3.05, 3.63) is 11.9 Å². The average Bonchev–Trinajstić information content (AvgIpc) is 2.29. The quantitative estimate of drug-likeness (QED) is 0.605. The van der Waals surface area contributed by atoms with Crippen LogP contribution in [0.1, 0.15) is 6.92 Å². The fraction of sp³-hybridized carbons (Fsp3) is 0.714. The number of hydrogen-bond donors (Lipinski definition) is 0. The van der Waals surface area contributed by atoms with Crippen LogP contribution in [-0.2, 0) is 0 Å². The highest BCUT2D eigenvalue weighted by molar-refractivity contribution is 5.11. The lowest BCUT2D eigenvalue weighted by Gasteiger charge is -2.21. The first-order valence-corrected chi connectivity index (χ1v) is 3.69. The van der Waals surface area contributed by atoms with Crippen LogP contribution in [0, 0.1) is 0 Å². The van der Waals surface area contributed by atoms with Crippen molar-refractivity contribution in [3.63, 3.8) is 0 Å². The van der Waals surface area contributed by atoms with Crippen LogP contribution in [0.25, 0.3) is 0 Å². The molecular formula is C7H11F3N2. The van der Waals surface area contributed by atoms with Gasteiger partial charge in [-0.2, -0.15) is 13.2 Å². The minimum Gasteiger partial charge on any atom is -0.361 e. The molecule has 12 heavy (non-hydrogen) atoms. The Labute approximate surface area is 69.2 Å². The van der Waals surface area contributed by atoms with Crippen molar-refractivity contribution in [3.8, 4) is 0 Å². The third-order valence-electron chi connectivity index (χ3n) is 1.75. The van der Waals surface area contributed by atoms with Gasteiger partial charge in [0.25, 0.3) is 0 Å². The molecule has 0 unspecified atom stereocenters. The van der Waals surface area contributed by atoms with E-state index in [0.29, 0.717) is 13.2 Å². The molecule has 0 aromatic carbocycles. The van der Waals surface area contributed by atoms with Gasteiger partial charge >= 0.3 is 6.18 Å². The first kappa shape index (κ1) is 9.22. The van der Waals surface area contributed by atoms with Gasteiger partial charge in [0.15, 0.2) is 0 Å². The second kappa shape index (κ2) is 2.88. The number of rotatable bonds is 1. The van der Waals surface area contributed by atoms with Crippen LogP contribution < -0.4 is 0 Å². The number of allylic oxidation sites excluding steroid dienone is 1. The molecule has 1 rings (SSSR count). The highest BCUT2D eigenvalue weighted by atomic mass is 19.4. The highest BCUT2D eigenvalue weighted by Gasteiger charge is 2.40. The normalized spacial score (nSPS) is 18.6. The molecule has 0 saturated heterocycles. The zero-order valence-electron chi connectivity index (χ0n) is 7.02. The molecule has 0 fully saturated rings. The maximum absolute atomic E-state index is 12.2. The molecule has 0 amide bonds. The van der Waals surface area contributed by atoms with Crippen LogP contribution in [0.5, 0.6) is 0 Å². The van der Waals surface area contributed by atoms with E-state index in [1.54, 1.807) is 14.0 Å². The Hall–Kier alpha value is -0.870. The third kappa shape index (κ3) is 1.65. The van der Waals surface area contributed by atoms with E-state index in [1.165, 1.54) is 9.80 Å². The Morgan fingerprint density at radius 3 is 2.42 bits per heavy atom. The first-order chi connectivity index (χ1) is 5.45. The Bertz CT molecular complexity index is 197. The molecule has 0 aromatic rings. The van der Waals surface area contributed by atoms with Crippen molar-refractivity contribution >= 4 is 0 Å². The van der Waals surface area contributed by atoms with Gasteiger partial charge in [0, 0.05) is 19.8 Å². The summed E-state index contributed by atoms with van der Waals surface area (Å²) in [5.74, 6) is 0. The summed E-state index contributed by atoms with van der Waals surface area (Å²) in [6.45, 7) is 2.42.